The van der Waals surface area contributed by atoms with Crippen LogP contribution in [0.3, 0.4) is 0 Å². The van der Waals surface area contributed by atoms with Gasteiger partial charge in [0.25, 0.3) is 0 Å². The molecule has 0 radical (unpaired) electrons. The predicted octanol–water partition coefficient (Wildman–Crippen LogP) is 5.17. The Morgan fingerprint density at radius 3 is 2.17 bits per heavy atom. The van der Waals surface area contributed by atoms with Crippen molar-refractivity contribution in [3.05, 3.63) is 84.4 Å². The van der Waals surface area contributed by atoms with Gasteiger partial charge >= 0.3 is 7.12 Å². The van der Waals surface area contributed by atoms with Crippen molar-refractivity contribution in [2.24, 2.45) is 0 Å². The second-order valence-corrected chi connectivity index (χ2v) is 6.52. The Morgan fingerprint density at radius 1 is 0.862 bits per heavy atom. The molecular formula is C25H26BNO2. The van der Waals surface area contributed by atoms with E-state index >= 15 is 0 Å². The average molecular weight is 383 g/mol. The van der Waals surface area contributed by atoms with Crippen LogP contribution in [0.25, 0.3) is 39.6 Å². The highest BCUT2D eigenvalue weighted by Gasteiger charge is 2.17. The summed E-state index contributed by atoms with van der Waals surface area (Å²) in [5, 5.41) is 21.3. The van der Waals surface area contributed by atoms with E-state index in [1.807, 2.05) is 63.3 Å². The van der Waals surface area contributed by atoms with Crippen LogP contribution in [0.15, 0.2) is 73.3 Å². The van der Waals surface area contributed by atoms with Gasteiger partial charge in [0.05, 0.1) is 11.0 Å². The number of hydrogen-bond acceptors (Lipinski definition) is 2. The van der Waals surface area contributed by atoms with Gasteiger partial charge in [0.2, 0.25) is 0 Å². The summed E-state index contributed by atoms with van der Waals surface area (Å²) in [4.78, 5) is 0. The summed E-state index contributed by atoms with van der Waals surface area (Å²) in [5.74, 6) is 0. The van der Waals surface area contributed by atoms with Gasteiger partial charge in [0.15, 0.2) is 0 Å². The van der Waals surface area contributed by atoms with Crippen molar-refractivity contribution in [1.29, 1.82) is 0 Å². The van der Waals surface area contributed by atoms with Gasteiger partial charge in [0, 0.05) is 16.5 Å². The minimum atomic E-state index is -1.49. The first-order valence-electron chi connectivity index (χ1n) is 9.93. The summed E-state index contributed by atoms with van der Waals surface area (Å²) in [5.41, 5.74) is 5.76. The van der Waals surface area contributed by atoms with Crippen LogP contribution in [-0.2, 0) is 0 Å². The fraction of sp³-hybridized carbons (Fsp3) is 0.120. The topological polar surface area (TPSA) is 45.4 Å². The highest BCUT2D eigenvalue weighted by Crippen LogP contribution is 2.34. The van der Waals surface area contributed by atoms with Crippen LogP contribution in [0.2, 0.25) is 0 Å². The highest BCUT2D eigenvalue weighted by molar-refractivity contribution is 6.59. The van der Waals surface area contributed by atoms with Crippen molar-refractivity contribution in [2.75, 3.05) is 0 Å². The van der Waals surface area contributed by atoms with Gasteiger partial charge in [0.1, 0.15) is 0 Å². The Bertz CT molecular complexity index is 1170. The molecule has 0 fully saturated rings. The minimum absolute atomic E-state index is 0.481. The van der Waals surface area contributed by atoms with E-state index in [9.17, 15) is 10.0 Å². The Kier molecular flexibility index (Phi) is 6.37. The first-order chi connectivity index (χ1) is 14.1. The van der Waals surface area contributed by atoms with Crippen LogP contribution >= 0.6 is 0 Å². The molecule has 0 spiro atoms. The second kappa shape index (κ2) is 8.95. The zero-order valence-electron chi connectivity index (χ0n) is 17.1. The molecule has 0 atom stereocenters. The number of allylic oxidation sites excluding steroid dienone is 1. The Hall–Kier alpha value is -3.08. The summed E-state index contributed by atoms with van der Waals surface area (Å²) in [7, 11) is -1.49. The fourth-order valence-electron chi connectivity index (χ4n) is 3.63. The van der Waals surface area contributed by atoms with Crippen LogP contribution in [0.4, 0.5) is 0 Å². The minimum Gasteiger partial charge on any atom is -0.423 e. The average Bonchev–Trinajstić information content (AvgIpc) is 3.08. The molecule has 4 rings (SSSR count). The number of benzene rings is 3. The monoisotopic (exact) mass is 383 g/mol. The molecule has 3 nitrogen and oxygen atoms in total. The normalized spacial score (nSPS) is 10.9. The molecule has 0 saturated heterocycles. The third kappa shape index (κ3) is 3.77. The van der Waals surface area contributed by atoms with Gasteiger partial charge < -0.3 is 14.6 Å². The summed E-state index contributed by atoms with van der Waals surface area (Å²) in [6.07, 6.45) is 5.94. The van der Waals surface area contributed by atoms with Crippen LogP contribution < -0.4 is 5.46 Å². The number of rotatable bonds is 4. The molecule has 0 bridgehead atoms. The number of aromatic nitrogens is 1. The molecule has 1 heterocycles. The summed E-state index contributed by atoms with van der Waals surface area (Å²) in [6, 6.07) is 20.0. The van der Waals surface area contributed by atoms with Crippen molar-refractivity contribution in [1.82, 2.24) is 4.57 Å². The predicted molar refractivity (Wildman–Crippen MR) is 127 cm³/mol. The first-order valence-corrected chi connectivity index (χ1v) is 9.93. The van der Waals surface area contributed by atoms with Gasteiger partial charge in [-0.2, -0.15) is 0 Å². The molecule has 29 heavy (non-hydrogen) atoms. The molecule has 0 aliphatic rings. The fourth-order valence-corrected chi connectivity index (χ4v) is 3.63. The number of hydrogen-bond donors (Lipinski definition) is 2. The van der Waals surface area contributed by atoms with Crippen molar-refractivity contribution in [3.8, 4) is 5.69 Å². The van der Waals surface area contributed by atoms with Crippen LogP contribution in [-0.4, -0.2) is 21.7 Å². The van der Waals surface area contributed by atoms with E-state index < -0.39 is 7.12 Å². The smallest absolute Gasteiger partial charge is 0.423 e. The van der Waals surface area contributed by atoms with Crippen molar-refractivity contribution in [3.63, 3.8) is 0 Å². The molecule has 4 heteroatoms. The largest absolute Gasteiger partial charge is 0.488 e. The number of para-hydroxylation sites is 1. The Morgan fingerprint density at radius 2 is 1.55 bits per heavy atom. The zero-order chi connectivity index (χ0) is 21.0. The molecule has 1 aromatic heterocycles. The summed E-state index contributed by atoms with van der Waals surface area (Å²) < 4.78 is 2.20. The SMILES string of the molecule is C=Cc1cc2c(cc1/C=C\C)c1cc(B(O)O)ccc1n2-c1ccccc1.CC. The van der Waals surface area contributed by atoms with Gasteiger partial charge in [-0.3, -0.25) is 0 Å². The van der Waals surface area contributed by atoms with E-state index in [0.29, 0.717) is 5.46 Å². The van der Waals surface area contributed by atoms with E-state index in [4.69, 9.17) is 0 Å². The van der Waals surface area contributed by atoms with Crippen molar-refractivity contribution >= 4 is 46.5 Å². The lowest BCUT2D eigenvalue weighted by Gasteiger charge is -2.09. The first kappa shape index (κ1) is 20.7. The van der Waals surface area contributed by atoms with Crippen LogP contribution in [0, 0.1) is 0 Å². The van der Waals surface area contributed by atoms with Crippen molar-refractivity contribution < 1.29 is 10.0 Å². The molecule has 0 saturated carbocycles. The molecule has 0 amide bonds. The number of nitrogens with zero attached hydrogens (tertiary/aromatic N) is 1. The van der Waals surface area contributed by atoms with E-state index in [2.05, 4.69) is 41.5 Å². The van der Waals surface area contributed by atoms with Crippen molar-refractivity contribution in [2.45, 2.75) is 20.8 Å². The maximum absolute atomic E-state index is 9.62. The molecule has 0 unspecified atom stereocenters. The molecule has 4 aromatic rings. The highest BCUT2D eigenvalue weighted by atomic mass is 16.4. The quantitative estimate of drug-likeness (QED) is 0.478. The lowest BCUT2D eigenvalue weighted by molar-refractivity contribution is 0.426. The Labute approximate surface area is 172 Å². The van der Waals surface area contributed by atoms with E-state index in [0.717, 1.165) is 38.6 Å². The zero-order valence-corrected chi connectivity index (χ0v) is 17.1. The summed E-state index contributed by atoms with van der Waals surface area (Å²) >= 11 is 0. The van der Waals surface area contributed by atoms with Gasteiger partial charge in [-0.15, -0.1) is 0 Å². The van der Waals surface area contributed by atoms with E-state index in [-0.39, 0.29) is 0 Å². The van der Waals surface area contributed by atoms with Crippen LogP contribution in [0.1, 0.15) is 31.9 Å². The maximum Gasteiger partial charge on any atom is 0.488 e. The lowest BCUT2D eigenvalue weighted by Crippen LogP contribution is -2.29. The molecule has 2 N–H and O–H groups in total. The summed E-state index contributed by atoms with van der Waals surface area (Å²) in [6.45, 7) is 9.96. The van der Waals surface area contributed by atoms with E-state index in [1.165, 1.54) is 0 Å². The molecule has 0 aliphatic heterocycles. The van der Waals surface area contributed by atoms with Gasteiger partial charge in [-0.05, 0) is 53.8 Å². The van der Waals surface area contributed by atoms with E-state index in [1.54, 1.807) is 6.07 Å². The standard InChI is InChI=1S/C23H20BNO2.C2H6/c1-3-8-17-13-20-21-15-18(24(26)27)11-12-22(21)25(19-9-6-5-7-10-19)23(20)14-16(17)4-2;1-2/h3-15,26-27H,2H2,1H3;1-2H3/b8-3-;. The third-order valence-electron chi connectivity index (χ3n) is 4.87. The lowest BCUT2D eigenvalue weighted by atomic mass is 9.80. The molecule has 0 aliphatic carbocycles. The maximum atomic E-state index is 9.62. The van der Waals surface area contributed by atoms with Gasteiger partial charge in [-0.1, -0.05) is 69.0 Å². The molecule has 146 valence electrons. The second-order valence-electron chi connectivity index (χ2n) is 6.52. The van der Waals surface area contributed by atoms with Crippen LogP contribution in [0.5, 0.6) is 0 Å². The third-order valence-corrected chi connectivity index (χ3v) is 4.87. The molecular weight excluding hydrogens is 357 g/mol. The van der Waals surface area contributed by atoms with Gasteiger partial charge in [-0.25, -0.2) is 0 Å². The molecule has 3 aromatic carbocycles. The number of fused-ring (bicyclic) bond motifs is 3. The Balaban J connectivity index is 0.00000117.